The average Bonchev–Trinajstić information content (AvgIpc) is 3.13. The Morgan fingerprint density at radius 1 is 0.800 bits per heavy atom. The summed E-state index contributed by atoms with van der Waals surface area (Å²) in [7, 11) is 0. The van der Waals surface area contributed by atoms with Crippen molar-refractivity contribution in [3.8, 4) is 22.3 Å². The fourth-order valence-corrected chi connectivity index (χ4v) is 6.07. The first kappa shape index (κ1) is 17.9. The highest BCUT2D eigenvalue weighted by Crippen LogP contribution is 2.47. The van der Waals surface area contributed by atoms with Gasteiger partial charge in [0.25, 0.3) is 0 Å². The SMILES string of the molecule is Cc1cc(C)c(-c2ccc3c(c2)N2C(=NC4CCCCC42)c2ccccc2-3)c(C)c1. The fourth-order valence-electron chi connectivity index (χ4n) is 6.07. The van der Waals surface area contributed by atoms with E-state index in [-0.39, 0.29) is 0 Å². The van der Waals surface area contributed by atoms with Gasteiger partial charge in [-0.15, -0.1) is 0 Å². The molecule has 0 bridgehead atoms. The van der Waals surface area contributed by atoms with Crippen LogP contribution in [0.2, 0.25) is 0 Å². The maximum absolute atomic E-state index is 5.26. The molecule has 3 aliphatic rings. The number of anilines is 1. The Morgan fingerprint density at radius 3 is 2.33 bits per heavy atom. The molecule has 0 amide bonds. The van der Waals surface area contributed by atoms with Crippen molar-refractivity contribution >= 4 is 11.5 Å². The number of fused-ring (bicyclic) bond motifs is 8. The topological polar surface area (TPSA) is 15.6 Å². The molecule has 2 heteroatoms. The molecule has 3 aromatic carbocycles. The molecule has 2 nitrogen and oxygen atoms in total. The maximum Gasteiger partial charge on any atom is 0.136 e. The van der Waals surface area contributed by atoms with Crippen LogP contribution in [-0.4, -0.2) is 17.9 Å². The summed E-state index contributed by atoms with van der Waals surface area (Å²) in [5, 5.41) is 0. The first-order chi connectivity index (χ1) is 14.6. The van der Waals surface area contributed by atoms with Crippen LogP contribution in [0.25, 0.3) is 22.3 Å². The molecule has 30 heavy (non-hydrogen) atoms. The molecule has 1 fully saturated rings. The van der Waals surface area contributed by atoms with Gasteiger partial charge in [0.1, 0.15) is 5.84 Å². The number of nitrogens with zero attached hydrogens (tertiary/aromatic N) is 2. The van der Waals surface area contributed by atoms with E-state index in [9.17, 15) is 0 Å². The fraction of sp³-hybridized carbons (Fsp3) is 0.321. The molecule has 0 N–H and O–H groups in total. The summed E-state index contributed by atoms with van der Waals surface area (Å²) in [6.45, 7) is 6.66. The zero-order valence-electron chi connectivity index (χ0n) is 18.1. The normalized spacial score (nSPS) is 21.4. The minimum absolute atomic E-state index is 0.444. The first-order valence-electron chi connectivity index (χ1n) is 11.3. The number of hydrogen-bond acceptors (Lipinski definition) is 2. The number of amidine groups is 1. The van der Waals surface area contributed by atoms with Gasteiger partial charge in [0.2, 0.25) is 0 Å². The van der Waals surface area contributed by atoms with Crippen molar-refractivity contribution in [3.05, 3.63) is 76.9 Å². The predicted molar refractivity (Wildman–Crippen MR) is 127 cm³/mol. The molecular formula is C28H28N2. The molecule has 0 saturated heterocycles. The monoisotopic (exact) mass is 392 g/mol. The highest BCUT2D eigenvalue weighted by molar-refractivity contribution is 6.20. The van der Waals surface area contributed by atoms with Gasteiger partial charge in [-0.05, 0) is 67.5 Å². The summed E-state index contributed by atoms with van der Waals surface area (Å²) >= 11 is 0. The summed E-state index contributed by atoms with van der Waals surface area (Å²) in [6, 6.07) is 21.5. The molecule has 2 unspecified atom stereocenters. The Balaban J connectivity index is 1.58. The molecule has 1 aliphatic carbocycles. The molecule has 0 aromatic heterocycles. The van der Waals surface area contributed by atoms with Gasteiger partial charge in [-0.3, -0.25) is 4.99 Å². The number of benzene rings is 3. The lowest BCUT2D eigenvalue weighted by atomic mass is 9.86. The quantitative estimate of drug-likeness (QED) is 0.443. The summed E-state index contributed by atoms with van der Waals surface area (Å²) in [5.74, 6) is 1.20. The zero-order chi connectivity index (χ0) is 20.4. The lowest BCUT2D eigenvalue weighted by molar-refractivity contribution is 0.405. The Morgan fingerprint density at radius 2 is 1.53 bits per heavy atom. The van der Waals surface area contributed by atoms with Crippen LogP contribution in [-0.2, 0) is 0 Å². The van der Waals surface area contributed by atoms with Crippen LogP contribution in [0.15, 0.2) is 59.6 Å². The molecule has 0 spiro atoms. The van der Waals surface area contributed by atoms with Gasteiger partial charge in [-0.1, -0.05) is 66.9 Å². The largest absolute Gasteiger partial charge is 0.320 e. The molecule has 150 valence electrons. The van der Waals surface area contributed by atoms with E-state index in [4.69, 9.17) is 4.99 Å². The highest BCUT2D eigenvalue weighted by Gasteiger charge is 2.42. The van der Waals surface area contributed by atoms with E-state index in [1.807, 2.05) is 0 Å². The second-order valence-electron chi connectivity index (χ2n) is 9.29. The van der Waals surface area contributed by atoms with E-state index < -0.39 is 0 Å². The van der Waals surface area contributed by atoms with Crippen LogP contribution in [0.1, 0.15) is 47.9 Å². The van der Waals surface area contributed by atoms with Crippen LogP contribution in [0, 0.1) is 20.8 Å². The lowest BCUT2D eigenvalue weighted by Crippen LogP contribution is -2.43. The highest BCUT2D eigenvalue weighted by atomic mass is 15.3. The van der Waals surface area contributed by atoms with E-state index in [0.29, 0.717) is 12.1 Å². The molecule has 3 aromatic rings. The van der Waals surface area contributed by atoms with Gasteiger partial charge in [0.15, 0.2) is 0 Å². The van der Waals surface area contributed by atoms with Gasteiger partial charge in [-0.2, -0.15) is 0 Å². The third-order valence-electron chi connectivity index (χ3n) is 7.22. The van der Waals surface area contributed by atoms with Gasteiger partial charge in [0.05, 0.1) is 17.8 Å². The lowest BCUT2D eigenvalue weighted by Gasteiger charge is -2.37. The molecule has 0 radical (unpaired) electrons. The summed E-state index contributed by atoms with van der Waals surface area (Å²) in [5.41, 5.74) is 12.1. The average molecular weight is 393 g/mol. The van der Waals surface area contributed by atoms with Crippen LogP contribution in [0.5, 0.6) is 0 Å². The van der Waals surface area contributed by atoms with E-state index in [2.05, 4.69) is 80.3 Å². The van der Waals surface area contributed by atoms with Gasteiger partial charge in [-0.25, -0.2) is 0 Å². The number of rotatable bonds is 1. The minimum atomic E-state index is 0.444. The first-order valence-corrected chi connectivity index (χ1v) is 11.3. The van der Waals surface area contributed by atoms with Crippen molar-refractivity contribution < 1.29 is 0 Å². The van der Waals surface area contributed by atoms with Crippen LogP contribution < -0.4 is 4.90 Å². The van der Waals surface area contributed by atoms with Crippen LogP contribution in [0.3, 0.4) is 0 Å². The van der Waals surface area contributed by atoms with E-state index in [1.165, 1.54) is 81.7 Å². The van der Waals surface area contributed by atoms with E-state index in [1.54, 1.807) is 0 Å². The van der Waals surface area contributed by atoms with Crippen molar-refractivity contribution in [2.45, 2.75) is 58.5 Å². The van der Waals surface area contributed by atoms with E-state index in [0.717, 1.165) is 0 Å². The van der Waals surface area contributed by atoms with Gasteiger partial charge < -0.3 is 4.90 Å². The van der Waals surface area contributed by atoms with Crippen molar-refractivity contribution in [1.82, 2.24) is 0 Å². The smallest absolute Gasteiger partial charge is 0.136 e. The number of hydrogen-bond donors (Lipinski definition) is 0. The molecule has 2 aliphatic heterocycles. The third kappa shape index (κ3) is 2.52. The standard InChI is InChI=1S/C28H28N2/c1-17-14-18(2)27(19(3)15-17)20-12-13-22-21-8-4-5-9-23(21)28-29-24-10-6-7-11-25(24)30(28)26(22)16-20/h4-5,8-9,12-16,24-25H,6-7,10-11H2,1-3H3. The Hall–Kier alpha value is -2.87. The maximum atomic E-state index is 5.26. The predicted octanol–water partition coefficient (Wildman–Crippen LogP) is 6.84. The Bertz CT molecular complexity index is 1180. The Labute approximate surface area is 179 Å². The van der Waals surface area contributed by atoms with Crippen LogP contribution in [0.4, 0.5) is 5.69 Å². The summed E-state index contributed by atoms with van der Waals surface area (Å²) < 4.78 is 0. The summed E-state index contributed by atoms with van der Waals surface area (Å²) in [4.78, 5) is 7.85. The molecule has 2 atom stereocenters. The van der Waals surface area contributed by atoms with Crippen molar-refractivity contribution in [3.63, 3.8) is 0 Å². The van der Waals surface area contributed by atoms with Crippen LogP contribution >= 0.6 is 0 Å². The molecule has 6 rings (SSSR count). The van der Waals surface area contributed by atoms with Crippen molar-refractivity contribution in [2.24, 2.45) is 4.99 Å². The molecule has 1 saturated carbocycles. The third-order valence-corrected chi connectivity index (χ3v) is 7.22. The zero-order valence-corrected chi connectivity index (χ0v) is 18.1. The van der Waals surface area contributed by atoms with Gasteiger partial charge >= 0.3 is 0 Å². The minimum Gasteiger partial charge on any atom is -0.320 e. The Kier molecular flexibility index (Phi) is 3.93. The molecular weight excluding hydrogens is 364 g/mol. The van der Waals surface area contributed by atoms with E-state index >= 15 is 0 Å². The van der Waals surface area contributed by atoms with Gasteiger partial charge in [0, 0.05) is 11.1 Å². The van der Waals surface area contributed by atoms with Crippen molar-refractivity contribution in [1.29, 1.82) is 0 Å². The second kappa shape index (κ2) is 6.57. The summed E-state index contributed by atoms with van der Waals surface area (Å²) in [6.07, 6.45) is 5.08. The van der Waals surface area contributed by atoms with Crippen molar-refractivity contribution in [2.75, 3.05) is 4.90 Å². The number of aliphatic imine (C=N–C) groups is 1. The second-order valence-corrected chi connectivity index (χ2v) is 9.29. The number of aryl methyl sites for hydroxylation is 3. The molecule has 2 heterocycles.